The normalized spacial score (nSPS) is 11.1. The van der Waals surface area contributed by atoms with Crippen molar-refractivity contribution in [3.8, 4) is 0 Å². The minimum absolute atomic E-state index is 0.0112. The van der Waals surface area contributed by atoms with Crippen LogP contribution in [-0.4, -0.2) is 32.3 Å². The van der Waals surface area contributed by atoms with Crippen LogP contribution >= 0.6 is 0 Å². The van der Waals surface area contributed by atoms with E-state index >= 15 is 0 Å². The number of para-hydroxylation sites is 1. The largest absolute Gasteiger partial charge is 0.480 e. The molecule has 1 aromatic rings. The molecule has 0 saturated carbocycles. The van der Waals surface area contributed by atoms with Crippen molar-refractivity contribution in [3.05, 3.63) is 18.2 Å². The Bertz CT molecular complexity index is 510. The Morgan fingerprint density at radius 3 is 2.62 bits per heavy atom. The molecule has 16 heavy (non-hydrogen) atoms. The molecular weight excluding hydrogens is 232 g/mol. The maximum absolute atomic E-state index is 11.3. The number of carbonyl (C=O) groups is 1. The van der Waals surface area contributed by atoms with Crippen LogP contribution in [0.15, 0.2) is 23.1 Å². The molecule has 0 amide bonds. The molecule has 1 aromatic carbocycles. The molecule has 1 rings (SSSR count). The minimum Gasteiger partial charge on any atom is -0.480 e. The van der Waals surface area contributed by atoms with E-state index in [1.165, 1.54) is 18.2 Å². The van der Waals surface area contributed by atoms with Gasteiger partial charge in [0.1, 0.15) is 6.54 Å². The van der Waals surface area contributed by atoms with Gasteiger partial charge in [-0.3, -0.25) is 4.79 Å². The fourth-order valence-corrected chi connectivity index (χ4v) is 2.03. The lowest BCUT2D eigenvalue weighted by molar-refractivity contribution is -0.134. The van der Waals surface area contributed by atoms with Crippen LogP contribution in [0.1, 0.15) is 0 Å². The van der Waals surface area contributed by atoms with Crippen LogP contribution in [0.25, 0.3) is 0 Å². The molecule has 7 heteroatoms. The van der Waals surface area contributed by atoms with Crippen LogP contribution in [0, 0.1) is 0 Å². The van der Waals surface area contributed by atoms with E-state index in [1.54, 1.807) is 0 Å². The first-order chi connectivity index (χ1) is 7.32. The summed E-state index contributed by atoms with van der Waals surface area (Å²) in [6.45, 7) is -0.322. The summed E-state index contributed by atoms with van der Waals surface area (Å²) < 4.78 is 22.6. The second-order valence-corrected chi connectivity index (χ2v) is 5.22. The highest BCUT2D eigenvalue weighted by molar-refractivity contribution is 7.90. The minimum atomic E-state index is -3.41. The van der Waals surface area contributed by atoms with Crippen LogP contribution < -0.4 is 11.1 Å². The summed E-state index contributed by atoms with van der Waals surface area (Å²) in [4.78, 5) is 10.3. The van der Waals surface area contributed by atoms with E-state index in [0.717, 1.165) is 6.26 Å². The molecule has 6 nitrogen and oxygen atoms in total. The molecule has 0 fully saturated rings. The summed E-state index contributed by atoms with van der Waals surface area (Å²) in [5.41, 5.74) is 5.95. The molecule has 0 atom stereocenters. The van der Waals surface area contributed by atoms with Gasteiger partial charge >= 0.3 is 5.97 Å². The molecule has 0 heterocycles. The second kappa shape index (κ2) is 4.40. The van der Waals surface area contributed by atoms with E-state index < -0.39 is 15.8 Å². The van der Waals surface area contributed by atoms with E-state index in [0.29, 0.717) is 5.69 Å². The van der Waals surface area contributed by atoms with E-state index in [2.05, 4.69) is 5.32 Å². The average Bonchev–Trinajstić information content (AvgIpc) is 2.14. The molecule has 0 aliphatic heterocycles. The molecular formula is C9H12N2O4S. The third kappa shape index (κ3) is 2.86. The van der Waals surface area contributed by atoms with Crippen LogP contribution in [0.4, 0.5) is 11.4 Å². The van der Waals surface area contributed by atoms with Gasteiger partial charge in [0.25, 0.3) is 0 Å². The van der Waals surface area contributed by atoms with Crippen molar-refractivity contribution >= 4 is 27.2 Å². The smallest absolute Gasteiger partial charge is 0.322 e. The van der Waals surface area contributed by atoms with Gasteiger partial charge in [-0.1, -0.05) is 6.07 Å². The molecule has 0 bridgehead atoms. The van der Waals surface area contributed by atoms with Crippen molar-refractivity contribution in [3.63, 3.8) is 0 Å². The Labute approximate surface area is 93.0 Å². The van der Waals surface area contributed by atoms with Gasteiger partial charge in [0.05, 0.1) is 16.3 Å². The summed E-state index contributed by atoms with van der Waals surface area (Å²) in [7, 11) is -3.41. The third-order valence-electron chi connectivity index (χ3n) is 1.90. The van der Waals surface area contributed by atoms with Crippen molar-refractivity contribution < 1.29 is 18.3 Å². The molecule has 4 N–H and O–H groups in total. The van der Waals surface area contributed by atoms with E-state index in [9.17, 15) is 13.2 Å². The quantitative estimate of drug-likeness (QED) is 0.651. The van der Waals surface area contributed by atoms with E-state index in [1.807, 2.05) is 0 Å². The van der Waals surface area contributed by atoms with Crippen LogP contribution in [0.3, 0.4) is 0 Å². The number of rotatable bonds is 4. The number of nitrogens with two attached hydrogens (primary N) is 1. The number of nitrogens with one attached hydrogen (secondary N) is 1. The predicted molar refractivity (Wildman–Crippen MR) is 60.1 cm³/mol. The Morgan fingerprint density at radius 2 is 2.12 bits per heavy atom. The van der Waals surface area contributed by atoms with Gasteiger partial charge in [0.15, 0.2) is 9.84 Å². The molecule has 0 saturated heterocycles. The van der Waals surface area contributed by atoms with Crippen molar-refractivity contribution in [2.75, 3.05) is 23.9 Å². The standard InChI is InChI=1S/C9H12N2O4S/c1-16(14,15)7-4-2-3-6(9(7)10)11-5-8(12)13/h2-4,11H,5,10H2,1H3,(H,12,13). The maximum atomic E-state index is 11.3. The molecule has 0 spiro atoms. The highest BCUT2D eigenvalue weighted by Gasteiger charge is 2.14. The van der Waals surface area contributed by atoms with Gasteiger partial charge < -0.3 is 16.2 Å². The monoisotopic (exact) mass is 244 g/mol. The van der Waals surface area contributed by atoms with E-state index in [4.69, 9.17) is 10.8 Å². The lowest BCUT2D eigenvalue weighted by atomic mass is 10.2. The fraction of sp³-hybridized carbons (Fsp3) is 0.222. The number of carboxylic acids is 1. The van der Waals surface area contributed by atoms with Crippen LogP contribution in [-0.2, 0) is 14.6 Å². The first kappa shape index (κ1) is 12.3. The number of hydrogen-bond donors (Lipinski definition) is 3. The number of benzene rings is 1. The number of carboxylic acid groups (broad SMARTS) is 1. The van der Waals surface area contributed by atoms with Gasteiger partial charge in [-0.2, -0.15) is 0 Å². The molecule has 0 aromatic heterocycles. The Balaban J connectivity index is 3.10. The Kier molecular flexibility index (Phi) is 3.38. The van der Waals surface area contributed by atoms with Gasteiger partial charge in [0.2, 0.25) is 0 Å². The zero-order chi connectivity index (χ0) is 12.3. The highest BCUT2D eigenvalue weighted by Crippen LogP contribution is 2.26. The molecule has 0 aliphatic carbocycles. The van der Waals surface area contributed by atoms with Crippen LogP contribution in [0.2, 0.25) is 0 Å². The first-order valence-corrected chi connectivity index (χ1v) is 6.25. The summed E-state index contributed by atoms with van der Waals surface area (Å²) in [5, 5.41) is 11.0. The number of anilines is 2. The fourth-order valence-electron chi connectivity index (χ4n) is 1.19. The zero-order valence-electron chi connectivity index (χ0n) is 8.60. The van der Waals surface area contributed by atoms with Crippen molar-refractivity contribution in [1.82, 2.24) is 0 Å². The first-order valence-electron chi connectivity index (χ1n) is 4.36. The Morgan fingerprint density at radius 1 is 1.50 bits per heavy atom. The molecule has 0 unspecified atom stereocenters. The molecule has 0 aliphatic rings. The van der Waals surface area contributed by atoms with Crippen molar-refractivity contribution in [2.45, 2.75) is 4.90 Å². The topological polar surface area (TPSA) is 109 Å². The summed E-state index contributed by atoms with van der Waals surface area (Å²) in [5.74, 6) is -1.05. The summed E-state index contributed by atoms with van der Waals surface area (Å²) in [6, 6.07) is 4.39. The van der Waals surface area contributed by atoms with Gasteiger partial charge in [-0.15, -0.1) is 0 Å². The summed E-state index contributed by atoms with van der Waals surface area (Å²) in [6.07, 6.45) is 1.04. The Hall–Kier alpha value is -1.76. The van der Waals surface area contributed by atoms with E-state index in [-0.39, 0.29) is 17.1 Å². The lowest BCUT2D eigenvalue weighted by Crippen LogP contribution is -2.14. The predicted octanol–water partition coefficient (Wildman–Crippen LogP) is 0.169. The summed E-state index contributed by atoms with van der Waals surface area (Å²) >= 11 is 0. The highest BCUT2D eigenvalue weighted by atomic mass is 32.2. The molecule has 88 valence electrons. The number of sulfone groups is 1. The molecule has 0 radical (unpaired) electrons. The van der Waals surface area contributed by atoms with Crippen molar-refractivity contribution in [2.24, 2.45) is 0 Å². The SMILES string of the molecule is CS(=O)(=O)c1cccc(NCC(=O)O)c1N. The van der Waals surface area contributed by atoms with Gasteiger partial charge in [-0.25, -0.2) is 8.42 Å². The third-order valence-corrected chi connectivity index (χ3v) is 3.05. The van der Waals surface area contributed by atoms with Crippen LogP contribution in [0.5, 0.6) is 0 Å². The maximum Gasteiger partial charge on any atom is 0.322 e. The second-order valence-electron chi connectivity index (χ2n) is 3.24. The van der Waals surface area contributed by atoms with Crippen molar-refractivity contribution in [1.29, 1.82) is 0 Å². The number of hydrogen-bond acceptors (Lipinski definition) is 5. The number of nitrogen functional groups attached to an aromatic ring is 1. The average molecular weight is 244 g/mol. The van der Waals surface area contributed by atoms with Gasteiger partial charge in [0, 0.05) is 6.26 Å². The zero-order valence-corrected chi connectivity index (χ0v) is 9.41. The lowest BCUT2D eigenvalue weighted by Gasteiger charge is -2.10. The van der Waals surface area contributed by atoms with Gasteiger partial charge in [-0.05, 0) is 12.1 Å². The number of aliphatic carboxylic acids is 1.